The normalized spacial score (nSPS) is 9.86. The molecular weight excluding hydrogens is 176 g/mol. The Morgan fingerprint density at radius 3 is 2.50 bits per heavy atom. The van der Waals surface area contributed by atoms with Gasteiger partial charge in [-0.05, 0) is 36.1 Å². The van der Waals surface area contributed by atoms with Crippen LogP contribution in [0.3, 0.4) is 0 Å². The number of aldehydes is 1. The number of rotatable bonds is 5. The van der Waals surface area contributed by atoms with Crippen molar-refractivity contribution in [1.82, 2.24) is 0 Å². The van der Waals surface area contributed by atoms with Crippen molar-refractivity contribution in [2.45, 2.75) is 26.7 Å². The van der Waals surface area contributed by atoms with Crippen molar-refractivity contribution in [3.8, 4) is 5.75 Å². The molecule has 0 aliphatic heterocycles. The third kappa shape index (κ3) is 2.59. The first-order valence-electron chi connectivity index (χ1n) is 5.00. The molecule has 0 bridgehead atoms. The molecule has 0 saturated heterocycles. The van der Waals surface area contributed by atoms with Gasteiger partial charge in [-0.25, -0.2) is 0 Å². The monoisotopic (exact) mass is 192 g/mol. The van der Waals surface area contributed by atoms with E-state index in [1.807, 2.05) is 12.1 Å². The summed E-state index contributed by atoms with van der Waals surface area (Å²) in [5.74, 6) is 0.783. The van der Waals surface area contributed by atoms with Crippen LogP contribution in [0.1, 0.15) is 25.0 Å². The van der Waals surface area contributed by atoms with Gasteiger partial charge in [0.2, 0.25) is 0 Å². The molecule has 0 heterocycles. The van der Waals surface area contributed by atoms with E-state index >= 15 is 0 Å². The van der Waals surface area contributed by atoms with Crippen molar-refractivity contribution in [2.75, 3.05) is 6.61 Å². The molecule has 0 saturated carbocycles. The lowest BCUT2D eigenvalue weighted by Crippen LogP contribution is -1.99. The summed E-state index contributed by atoms with van der Waals surface area (Å²) in [4.78, 5) is 10.1. The van der Waals surface area contributed by atoms with Crippen LogP contribution in [-0.2, 0) is 17.6 Å². The van der Waals surface area contributed by atoms with Gasteiger partial charge in [0.05, 0.1) is 0 Å². The first kappa shape index (κ1) is 10.8. The molecule has 1 aromatic rings. The summed E-state index contributed by atoms with van der Waals surface area (Å²) >= 11 is 0. The van der Waals surface area contributed by atoms with Gasteiger partial charge in [0.1, 0.15) is 12.4 Å². The van der Waals surface area contributed by atoms with Gasteiger partial charge in [-0.3, -0.25) is 4.79 Å². The summed E-state index contributed by atoms with van der Waals surface area (Å²) in [6, 6.07) is 6.00. The fourth-order valence-corrected chi connectivity index (χ4v) is 1.50. The third-order valence-electron chi connectivity index (χ3n) is 2.26. The fraction of sp³-hybridized carbons (Fsp3) is 0.417. The molecule has 2 nitrogen and oxygen atoms in total. The van der Waals surface area contributed by atoms with Crippen LogP contribution >= 0.6 is 0 Å². The van der Waals surface area contributed by atoms with Crippen LogP contribution in [0.4, 0.5) is 0 Å². The zero-order valence-corrected chi connectivity index (χ0v) is 8.75. The topological polar surface area (TPSA) is 26.3 Å². The van der Waals surface area contributed by atoms with E-state index in [0.29, 0.717) is 0 Å². The van der Waals surface area contributed by atoms with E-state index in [0.717, 1.165) is 24.9 Å². The number of benzene rings is 1. The van der Waals surface area contributed by atoms with E-state index < -0.39 is 0 Å². The Kier molecular flexibility index (Phi) is 4.17. The Labute approximate surface area is 84.9 Å². The molecule has 0 radical (unpaired) electrons. The van der Waals surface area contributed by atoms with Crippen molar-refractivity contribution in [2.24, 2.45) is 0 Å². The van der Waals surface area contributed by atoms with Crippen LogP contribution < -0.4 is 4.74 Å². The highest BCUT2D eigenvalue weighted by atomic mass is 16.5. The maximum Gasteiger partial charge on any atom is 0.157 e. The van der Waals surface area contributed by atoms with Gasteiger partial charge >= 0.3 is 0 Å². The quantitative estimate of drug-likeness (QED) is 0.669. The average molecular weight is 192 g/mol. The zero-order valence-electron chi connectivity index (χ0n) is 8.75. The van der Waals surface area contributed by atoms with Crippen LogP contribution in [0.15, 0.2) is 18.2 Å². The largest absolute Gasteiger partial charge is 0.486 e. The lowest BCUT2D eigenvalue weighted by atomic mass is 10.0. The molecule has 0 fully saturated rings. The first-order valence-corrected chi connectivity index (χ1v) is 5.00. The van der Waals surface area contributed by atoms with Gasteiger partial charge in [-0.1, -0.05) is 19.9 Å². The van der Waals surface area contributed by atoms with Crippen molar-refractivity contribution in [3.05, 3.63) is 29.3 Å². The second-order valence-corrected chi connectivity index (χ2v) is 3.12. The molecule has 0 atom stereocenters. The smallest absolute Gasteiger partial charge is 0.157 e. The second-order valence-electron chi connectivity index (χ2n) is 3.12. The van der Waals surface area contributed by atoms with Crippen molar-refractivity contribution < 1.29 is 9.53 Å². The highest BCUT2D eigenvalue weighted by molar-refractivity contribution is 5.51. The van der Waals surface area contributed by atoms with Crippen LogP contribution in [0, 0.1) is 0 Å². The van der Waals surface area contributed by atoms with E-state index in [4.69, 9.17) is 4.74 Å². The molecule has 0 N–H and O–H groups in total. The summed E-state index contributed by atoms with van der Waals surface area (Å²) in [5, 5.41) is 0. The number of carbonyl (C=O) groups is 1. The lowest BCUT2D eigenvalue weighted by molar-refractivity contribution is -0.109. The Morgan fingerprint density at radius 2 is 1.93 bits per heavy atom. The standard InChI is InChI=1S/C12H16O2/c1-3-10-5-6-12(14-8-7-13)9-11(10)4-2/h5-7,9H,3-4,8H2,1-2H3. The first-order chi connectivity index (χ1) is 6.81. The third-order valence-corrected chi connectivity index (χ3v) is 2.26. The van der Waals surface area contributed by atoms with Crippen LogP contribution in [0.2, 0.25) is 0 Å². The number of ether oxygens (including phenoxy) is 1. The fourth-order valence-electron chi connectivity index (χ4n) is 1.50. The van der Waals surface area contributed by atoms with Crippen LogP contribution in [0.5, 0.6) is 5.75 Å². The van der Waals surface area contributed by atoms with Crippen molar-refractivity contribution >= 4 is 6.29 Å². The predicted octanol–water partition coefficient (Wildman–Crippen LogP) is 2.39. The molecule has 2 heteroatoms. The van der Waals surface area contributed by atoms with Gasteiger partial charge in [0, 0.05) is 0 Å². The van der Waals surface area contributed by atoms with E-state index in [1.54, 1.807) is 0 Å². The van der Waals surface area contributed by atoms with Gasteiger partial charge < -0.3 is 4.74 Å². The number of hydrogen-bond acceptors (Lipinski definition) is 2. The van der Waals surface area contributed by atoms with Gasteiger partial charge in [0.25, 0.3) is 0 Å². The van der Waals surface area contributed by atoms with Crippen molar-refractivity contribution in [3.63, 3.8) is 0 Å². The molecule has 1 rings (SSSR count). The molecule has 14 heavy (non-hydrogen) atoms. The molecule has 0 unspecified atom stereocenters. The van der Waals surface area contributed by atoms with Crippen molar-refractivity contribution in [1.29, 1.82) is 0 Å². The second kappa shape index (κ2) is 5.43. The molecule has 0 aromatic heterocycles. The summed E-state index contributed by atoms with van der Waals surface area (Å²) in [6.45, 7) is 4.40. The molecular formula is C12H16O2. The maximum atomic E-state index is 10.1. The SMILES string of the molecule is CCc1ccc(OCC=O)cc1CC. The molecule has 0 amide bonds. The minimum Gasteiger partial charge on any atom is -0.486 e. The average Bonchev–Trinajstić information content (AvgIpc) is 2.25. The summed E-state index contributed by atoms with van der Waals surface area (Å²) in [7, 11) is 0. The summed E-state index contributed by atoms with van der Waals surface area (Å²) in [6.07, 6.45) is 2.80. The van der Waals surface area contributed by atoms with E-state index in [2.05, 4.69) is 19.9 Å². The maximum absolute atomic E-state index is 10.1. The zero-order chi connectivity index (χ0) is 10.4. The highest BCUT2D eigenvalue weighted by Gasteiger charge is 2.01. The van der Waals surface area contributed by atoms with Gasteiger partial charge in [0.15, 0.2) is 6.29 Å². The minimum absolute atomic E-state index is 0.134. The minimum atomic E-state index is 0.134. The molecule has 76 valence electrons. The Morgan fingerprint density at radius 1 is 1.21 bits per heavy atom. The number of aryl methyl sites for hydroxylation is 2. The lowest BCUT2D eigenvalue weighted by Gasteiger charge is -2.08. The highest BCUT2D eigenvalue weighted by Crippen LogP contribution is 2.18. The predicted molar refractivity (Wildman–Crippen MR) is 56.8 cm³/mol. The number of hydrogen-bond donors (Lipinski definition) is 0. The van der Waals surface area contributed by atoms with Crippen LogP contribution in [0.25, 0.3) is 0 Å². The summed E-state index contributed by atoms with van der Waals surface area (Å²) < 4.78 is 5.23. The van der Waals surface area contributed by atoms with E-state index in [1.165, 1.54) is 11.1 Å². The molecule has 0 aliphatic rings. The van der Waals surface area contributed by atoms with Gasteiger partial charge in [-0.15, -0.1) is 0 Å². The summed E-state index contributed by atoms with van der Waals surface area (Å²) in [5.41, 5.74) is 2.65. The Hall–Kier alpha value is -1.31. The molecule has 0 aliphatic carbocycles. The van der Waals surface area contributed by atoms with Gasteiger partial charge in [-0.2, -0.15) is 0 Å². The van der Waals surface area contributed by atoms with E-state index in [-0.39, 0.29) is 6.61 Å². The molecule has 1 aromatic carbocycles. The molecule has 0 spiro atoms. The van der Waals surface area contributed by atoms with E-state index in [9.17, 15) is 4.79 Å². The van der Waals surface area contributed by atoms with Crippen LogP contribution in [-0.4, -0.2) is 12.9 Å². The Bertz CT molecular complexity index is 305. The number of carbonyl (C=O) groups excluding carboxylic acids is 1. The Balaban J connectivity index is 2.83.